The number of hydrogen-bond donors (Lipinski definition) is 1. The first kappa shape index (κ1) is 14.5. The van der Waals surface area contributed by atoms with Gasteiger partial charge in [0.1, 0.15) is 0 Å². The number of aromatic carboxylic acids is 1. The summed E-state index contributed by atoms with van der Waals surface area (Å²) in [5.74, 6) is -0.939. The highest BCUT2D eigenvalue weighted by Crippen LogP contribution is 2.19. The van der Waals surface area contributed by atoms with Crippen molar-refractivity contribution in [1.29, 1.82) is 5.26 Å². The van der Waals surface area contributed by atoms with Crippen molar-refractivity contribution in [3.63, 3.8) is 0 Å². The molecule has 112 valence electrons. The van der Waals surface area contributed by atoms with Crippen LogP contribution in [0.25, 0.3) is 11.1 Å². The molecule has 1 aromatic heterocycles. The van der Waals surface area contributed by atoms with E-state index in [1.165, 1.54) is 0 Å². The smallest absolute Gasteiger partial charge is 0.335 e. The van der Waals surface area contributed by atoms with Crippen LogP contribution in [0.2, 0.25) is 0 Å². The van der Waals surface area contributed by atoms with Crippen LogP contribution >= 0.6 is 0 Å². The van der Waals surface area contributed by atoms with Crippen molar-refractivity contribution in [3.8, 4) is 17.2 Å². The van der Waals surface area contributed by atoms with Crippen molar-refractivity contribution in [1.82, 2.24) is 9.78 Å². The van der Waals surface area contributed by atoms with Crippen LogP contribution in [0.3, 0.4) is 0 Å². The van der Waals surface area contributed by atoms with Gasteiger partial charge in [0.25, 0.3) is 0 Å². The number of nitriles is 1. The lowest BCUT2D eigenvalue weighted by molar-refractivity contribution is 0.0696. The second-order valence-corrected chi connectivity index (χ2v) is 5.12. The average Bonchev–Trinajstić information content (AvgIpc) is 3.03. The molecule has 3 rings (SSSR count). The minimum absolute atomic E-state index is 0.266. The monoisotopic (exact) mass is 303 g/mol. The predicted octanol–water partition coefficient (Wildman–Crippen LogP) is 3.17. The summed E-state index contributed by atoms with van der Waals surface area (Å²) in [5, 5.41) is 22.2. The van der Waals surface area contributed by atoms with Crippen LogP contribution in [0.5, 0.6) is 0 Å². The zero-order chi connectivity index (χ0) is 16.2. The molecular formula is C18H13N3O2. The lowest BCUT2D eigenvalue weighted by atomic mass is 10.1. The molecule has 0 unspecified atom stereocenters. The number of benzene rings is 2. The summed E-state index contributed by atoms with van der Waals surface area (Å²) in [6.45, 7) is 0.497. The summed E-state index contributed by atoms with van der Waals surface area (Å²) < 4.78 is 1.76. The maximum absolute atomic E-state index is 11.0. The SMILES string of the molecule is N#Cc1ccc(-c2cnn(Cc3cccc(C(=O)O)c3)c2)cc1. The molecular weight excluding hydrogens is 290 g/mol. The van der Waals surface area contributed by atoms with E-state index in [1.807, 2.05) is 24.4 Å². The van der Waals surface area contributed by atoms with Gasteiger partial charge in [0.2, 0.25) is 0 Å². The maximum Gasteiger partial charge on any atom is 0.335 e. The lowest BCUT2D eigenvalue weighted by Crippen LogP contribution is -2.02. The van der Waals surface area contributed by atoms with Gasteiger partial charge in [-0.25, -0.2) is 4.79 Å². The largest absolute Gasteiger partial charge is 0.478 e. The molecule has 0 saturated heterocycles. The van der Waals surface area contributed by atoms with Crippen LogP contribution in [0.1, 0.15) is 21.5 Å². The normalized spacial score (nSPS) is 10.2. The highest BCUT2D eigenvalue weighted by molar-refractivity contribution is 5.87. The molecule has 0 radical (unpaired) electrons. The van der Waals surface area contributed by atoms with E-state index < -0.39 is 5.97 Å². The zero-order valence-corrected chi connectivity index (χ0v) is 12.2. The summed E-state index contributed by atoms with van der Waals surface area (Å²) in [6.07, 6.45) is 3.65. The van der Waals surface area contributed by atoms with E-state index in [2.05, 4.69) is 11.2 Å². The fraction of sp³-hybridized carbons (Fsp3) is 0.0556. The molecule has 0 bridgehead atoms. The van der Waals surface area contributed by atoms with Gasteiger partial charge in [0.05, 0.1) is 29.9 Å². The number of hydrogen-bond acceptors (Lipinski definition) is 3. The van der Waals surface area contributed by atoms with E-state index in [0.717, 1.165) is 16.7 Å². The van der Waals surface area contributed by atoms with Gasteiger partial charge in [-0.15, -0.1) is 0 Å². The average molecular weight is 303 g/mol. The standard InChI is InChI=1S/C18H13N3O2/c19-9-13-4-6-15(7-5-13)17-10-20-21(12-17)11-14-2-1-3-16(8-14)18(22)23/h1-8,10,12H,11H2,(H,22,23). The Morgan fingerprint density at radius 2 is 1.96 bits per heavy atom. The number of aromatic nitrogens is 2. The zero-order valence-electron chi connectivity index (χ0n) is 12.2. The fourth-order valence-electron chi connectivity index (χ4n) is 2.33. The lowest BCUT2D eigenvalue weighted by Gasteiger charge is -2.03. The molecule has 5 heteroatoms. The first-order chi connectivity index (χ1) is 11.2. The molecule has 0 aliphatic rings. The summed E-state index contributed by atoms with van der Waals surface area (Å²) in [6, 6.07) is 16.2. The van der Waals surface area contributed by atoms with Gasteiger partial charge in [-0.1, -0.05) is 24.3 Å². The minimum atomic E-state index is -0.939. The Bertz CT molecular complexity index is 889. The van der Waals surface area contributed by atoms with Gasteiger partial charge in [-0.05, 0) is 35.4 Å². The van der Waals surface area contributed by atoms with E-state index in [1.54, 1.807) is 41.2 Å². The van der Waals surface area contributed by atoms with Crippen molar-refractivity contribution in [2.24, 2.45) is 0 Å². The number of rotatable bonds is 4. The summed E-state index contributed by atoms with van der Waals surface area (Å²) in [5.41, 5.74) is 3.69. The van der Waals surface area contributed by atoms with E-state index in [9.17, 15) is 4.79 Å². The third-order valence-electron chi connectivity index (χ3n) is 3.50. The van der Waals surface area contributed by atoms with Crippen LogP contribution in [0.15, 0.2) is 60.9 Å². The van der Waals surface area contributed by atoms with E-state index in [4.69, 9.17) is 10.4 Å². The van der Waals surface area contributed by atoms with Crippen molar-refractivity contribution < 1.29 is 9.90 Å². The Hall–Kier alpha value is -3.39. The molecule has 0 fully saturated rings. The summed E-state index contributed by atoms with van der Waals surface area (Å²) in [7, 11) is 0. The van der Waals surface area contributed by atoms with Crippen LogP contribution < -0.4 is 0 Å². The van der Waals surface area contributed by atoms with Crippen molar-refractivity contribution in [2.45, 2.75) is 6.54 Å². The molecule has 0 atom stereocenters. The molecule has 0 spiro atoms. The second kappa shape index (κ2) is 6.16. The molecule has 1 N–H and O–H groups in total. The fourth-order valence-corrected chi connectivity index (χ4v) is 2.33. The number of carboxylic acid groups (broad SMARTS) is 1. The minimum Gasteiger partial charge on any atom is -0.478 e. The first-order valence-corrected chi connectivity index (χ1v) is 7.01. The van der Waals surface area contributed by atoms with Gasteiger partial charge in [-0.2, -0.15) is 10.4 Å². The molecule has 0 saturated carbocycles. The van der Waals surface area contributed by atoms with Gasteiger partial charge < -0.3 is 5.11 Å². The Morgan fingerprint density at radius 1 is 1.17 bits per heavy atom. The van der Waals surface area contributed by atoms with Crippen molar-refractivity contribution >= 4 is 5.97 Å². The molecule has 0 aliphatic carbocycles. The van der Waals surface area contributed by atoms with Gasteiger partial charge in [0, 0.05) is 11.8 Å². The van der Waals surface area contributed by atoms with Crippen LogP contribution in [0.4, 0.5) is 0 Å². The molecule has 0 amide bonds. The van der Waals surface area contributed by atoms with Gasteiger partial charge in [0.15, 0.2) is 0 Å². The van der Waals surface area contributed by atoms with Gasteiger partial charge >= 0.3 is 5.97 Å². The van der Waals surface area contributed by atoms with Crippen molar-refractivity contribution in [2.75, 3.05) is 0 Å². The molecule has 2 aromatic carbocycles. The predicted molar refractivity (Wildman–Crippen MR) is 84.9 cm³/mol. The Kier molecular flexibility index (Phi) is 3.89. The van der Waals surface area contributed by atoms with Gasteiger partial charge in [-0.3, -0.25) is 4.68 Å². The Labute approximate surface area is 133 Å². The highest BCUT2D eigenvalue weighted by Gasteiger charge is 2.06. The van der Waals surface area contributed by atoms with Crippen LogP contribution in [-0.4, -0.2) is 20.9 Å². The van der Waals surface area contributed by atoms with E-state index >= 15 is 0 Å². The molecule has 3 aromatic rings. The Morgan fingerprint density at radius 3 is 2.65 bits per heavy atom. The summed E-state index contributed by atoms with van der Waals surface area (Å²) >= 11 is 0. The second-order valence-electron chi connectivity index (χ2n) is 5.12. The number of carboxylic acids is 1. The van der Waals surface area contributed by atoms with Crippen LogP contribution in [-0.2, 0) is 6.54 Å². The molecule has 5 nitrogen and oxygen atoms in total. The van der Waals surface area contributed by atoms with Crippen LogP contribution in [0, 0.1) is 11.3 Å². The topological polar surface area (TPSA) is 78.9 Å². The first-order valence-electron chi connectivity index (χ1n) is 7.01. The quantitative estimate of drug-likeness (QED) is 0.803. The Balaban J connectivity index is 1.80. The number of nitrogens with zero attached hydrogens (tertiary/aromatic N) is 3. The number of carbonyl (C=O) groups is 1. The van der Waals surface area contributed by atoms with Crippen molar-refractivity contribution in [3.05, 3.63) is 77.6 Å². The highest BCUT2D eigenvalue weighted by atomic mass is 16.4. The summed E-state index contributed by atoms with van der Waals surface area (Å²) in [4.78, 5) is 11.0. The molecule has 0 aliphatic heterocycles. The third-order valence-corrected chi connectivity index (χ3v) is 3.50. The maximum atomic E-state index is 11.0. The molecule has 1 heterocycles. The van der Waals surface area contributed by atoms with E-state index in [-0.39, 0.29) is 5.56 Å². The van der Waals surface area contributed by atoms with E-state index in [0.29, 0.717) is 12.1 Å². The molecule has 23 heavy (non-hydrogen) atoms. The third kappa shape index (κ3) is 3.27.